The Morgan fingerprint density at radius 2 is 1.86 bits per heavy atom. The van der Waals surface area contributed by atoms with Gasteiger partial charge in [-0.05, 0) is 38.0 Å². The first kappa shape index (κ1) is 17.0. The van der Waals surface area contributed by atoms with Crippen LogP contribution >= 0.6 is 0 Å². The van der Waals surface area contributed by atoms with Gasteiger partial charge in [-0.15, -0.1) is 6.58 Å². The third-order valence-corrected chi connectivity index (χ3v) is 5.45. The minimum absolute atomic E-state index is 0.0180. The third kappa shape index (κ3) is 4.34. The van der Waals surface area contributed by atoms with Crippen LogP contribution in [0.4, 0.5) is 0 Å². The fourth-order valence-electron chi connectivity index (χ4n) is 4.13. The number of rotatable bonds is 8. The molecule has 0 aromatic rings. The highest BCUT2D eigenvalue weighted by atomic mass is 16.5. The highest BCUT2D eigenvalue weighted by molar-refractivity contribution is 5.79. The van der Waals surface area contributed by atoms with E-state index in [0.717, 1.165) is 44.9 Å². The molecule has 4 nitrogen and oxygen atoms in total. The van der Waals surface area contributed by atoms with Crippen molar-refractivity contribution in [3.05, 3.63) is 12.7 Å². The van der Waals surface area contributed by atoms with Crippen LogP contribution in [-0.2, 0) is 14.3 Å². The Hall–Kier alpha value is -1.32. The van der Waals surface area contributed by atoms with Crippen molar-refractivity contribution in [1.29, 1.82) is 0 Å². The number of hydrogen-bond acceptors (Lipinski definition) is 3. The first-order valence-electron chi connectivity index (χ1n) is 8.56. The van der Waals surface area contributed by atoms with E-state index < -0.39 is 11.9 Å². The highest BCUT2D eigenvalue weighted by Crippen LogP contribution is 2.42. The Balaban J connectivity index is 1.85. The SMILES string of the molecule is C=CCC1(COC(=O)C[C@H](C(=O)O)C2CCCC2)CCCC1. The molecular weight excluding hydrogens is 280 g/mol. The Kier molecular flexibility index (Phi) is 6.04. The number of ether oxygens (including phenoxy) is 1. The summed E-state index contributed by atoms with van der Waals surface area (Å²) in [5.74, 6) is -1.65. The number of carboxylic acids is 1. The molecule has 0 spiro atoms. The lowest BCUT2D eigenvalue weighted by Gasteiger charge is -2.27. The van der Waals surface area contributed by atoms with Crippen LogP contribution in [0.2, 0.25) is 0 Å². The zero-order valence-corrected chi connectivity index (χ0v) is 13.4. The molecule has 2 aliphatic carbocycles. The van der Waals surface area contributed by atoms with Crippen molar-refractivity contribution in [2.75, 3.05) is 6.61 Å². The summed E-state index contributed by atoms with van der Waals surface area (Å²) in [6.07, 6.45) is 11.3. The van der Waals surface area contributed by atoms with E-state index in [1.54, 1.807) is 0 Å². The number of carbonyl (C=O) groups is 2. The maximum Gasteiger partial charge on any atom is 0.307 e. The molecule has 0 amide bonds. The fraction of sp³-hybridized carbons (Fsp3) is 0.778. The average Bonchev–Trinajstić information content (AvgIpc) is 3.15. The molecular formula is C18H28O4. The molecule has 2 fully saturated rings. The van der Waals surface area contributed by atoms with Crippen LogP contribution in [0.5, 0.6) is 0 Å². The van der Waals surface area contributed by atoms with Gasteiger partial charge in [0.15, 0.2) is 0 Å². The van der Waals surface area contributed by atoms with E-state index in [1.807, 2.05) is 6.08 Å². The van der Waals surface area contributed by atoms with Gasteiger partial charge in [0.1, 0.15) is 0 Å². The molecule has 4 heteroatoms. The van der Waals surface area contributed by atoms with E-state index in [1.165, 1.54) is 12.8 Å². The minimum atomic E-state index is -0.856. The highest BCUT2D eigenvalue weighted by Gasteiger charge is 2.36. The summed E-state index contributed by atoms with van der Waals surface area (Å²) in [6, 6.07) is 0. The summed E-state index contributed by atoms with van der Waals surface area (Å²) in [4.78, 5) is 23.5. The zero-order valence-electron chi connectivity index (χ0n) is 13.4. The molecule has 2 saturated carbocycles. The van der Waals surface area contributed by atoms with E-state index >= 15 is 0 Å². The number of hydrogen-bond donors (Lipinski definition) is 1. The van der Waals surface area contributed by atoms with Crippen molar-refractivity contribution in [2.45, 2.75) is 64.2 Å². The van der Waals surface area contributed by atoms with Crippen LogP contribution in [0.15, 0.2) is 12.7 Å². The van der Waals surface area contributed by atoms with Crippen molar-refractivity contribution in [1.82, 2.24) is 0 Å². The van der Waals surface area contributed by atoms with Crippen molar-refractivity contribution < 1.29 is 19.4 Å². The van der Waals surface area contributed by atoms with Gasteiger partial charge in [0.25, 0.3) is 0 Å². The smallest absolute Gasteiger partial charge is 0.307 e. The summed E-state index contributed by atoms with van der Waals surface area (Å²) in [6.45, 7) is 4.21. The maximum absolute atomic E-state index is 12.1. The molecule has 0 saturated heterocycles. The number of allylic oxidation sites excluding steroid dienone is 1. The van der Waals surface area contributed by atoms with E-state index in [-0.39, 0.29) is 23.7 Å². The van der Waals surface area contributed by atoms with Gasteiger partial charge in [-0.1, -0.05) is 31.8 Å². The number of carboxylic acid groups (broad SMARTS) is 1. The van der Waals surface area contributed by atoms with Crippen molar-refractivity contribution in [3.63, 3.8) is 0 Å². The molecule has 2 rings (SSSR count). The van der Waals surface area contributed by atoms with Crippen LogP contribution in [0, 0.1) is 17.3 Å². The van der Waals surface area contributed by atoms with Crippen molar-refractivity contribution in [2.24, 2.45) is 17.3 Å². The average molecular weight is 308 g/mol. The van der Waals surface area contributed by atoms with E-state index in [2.05, 4.69) is 6.58 Å². The van der Waals surface area contributed by atoms with Gasteiger partial charge < -0.3 is 9.84 Å². The Bertz CT molecular complexity index is 403. The Labute approximate surface area is 132 Å². The standard InChI is InChI=1S/C18H28O4/c1-2-9-18(10-5-6-11-18)13-22-16(19)12-15(17(20)21)14-7-3-4-8-14/h2,14-15H,1,3-13H2,(H,20,21)/t15-/m0/s1. The minimum Gasteiger partial charge on any atom is -0.481 e. The van der Waals surface area contributed by atoms with Gasteiger partial charge in [0, 0.05) is 5.41 Å². The summed E-state index contributed by atoms with van der Waals surface area (Å²) in [7, 11) is 0. The predicted octanol–water partition coefficient (Wildman–Crippen LogP) is 3.95. The van der Waals surface area contributed by atoms with Crippen LogP contribution in [0.3, 0.4) is 0 Å². The molecule has 22 heavy (non-hydrogen) atoms. The second-order valence-corrected chi connectivity index (χ2v) is 7.05. The second kappa shape index (κ2) is 7.80. The summed E-state index contributed by atoms with van der Waals surface area (Å²) >= 11 is 0. The van der Waals surface area contributed by atoms with Gasteiger partial charge in [-0.3, -0.25) is 9.59 Å². The largest absolute Gasteiger partial charge is 0.481 e. The third-order valence-electron chi connectivity index (χ3n) is 5.45. The molecule has 0 unspecified atom stereocenters. The van der Waals surface area contributed by atoms with Gasteiger partial charge >= 0.3 is 11.9 Å². The fourth-order valence-corrected chi connectivity index (χ4v) is 4.13. The van der Waals surface area contributed by atoms with Gasteiger partial charge in [-0.2, -0.15) is 0 Å². The molecule has 1 N–H and O–H groups in total. The molecule has 0 bridgehead atoms. The second-order valence-electron chi connectivity index (χ2n) is 7.05. The maximum atomic E-state index is 12.1. The predicted molar refractivity (Wildman–Crippen MR) is 84.4 cm³/mol. The normalized spacial score (nSPS) is 22.4. The molecule has 0 aromatic carbocycles. The topological polar surface area (TPSA) is 63.6 Å². The molecule has 2 aliphatic rings. The Morgan fingerprint density at radius 3 is 2.41 bits per heavy atom. The Morgan fingerprint density at radius 1 is 1.23 bits per heavy atom. The van der Waals surface area contributed by atoms with Gasteiger partial charge in [0.2, 0.25) is 0 Å². The van der Waals surface area contributed by atoms with Crippen LogP contribution in [-0.4, -0.2) is 23.7 Å². The molecule has 0 aliphatic heterocycles. The van der Waals surface area contributed by atoms with E-state index in [4.69, 9.17) is 4.74 Å². The van der Waals surface area contributed by atoms with Crippen molar-refractivity contribution in [3.8, 4) is 0 Å². The van der Waals surface area contributed by atoms with Crippen LogP contribution in [0.1, 0.15) is 64.2 Å². The summed E-state index contributed by atoms with van der Waals surface area (Å²) < 4.78 is 5.47. The lowest BCUT2D eigenvalue weighted by Crippen LogP contribution is -2.29. The van der Waals surface area contributed by atoms with Crippen LogP contribution < -0.4 is 0 Å². The van der Waals surface area contributed by atoms with Crippen LogP contribution in [0.25, 0.3) is 0 Å². The summed E-state index contributed by atoms with van der Waals surface area (Å²) in [5.41, 5.74) is 0.0451. The van der Waals surface area contributed by atoms with Crippen molar-refractivity contribution >= 4 is 11.9 Å². The molecule has 0 radical (unpaired) electrons. The molecule has 0 aromatic heterocycles. The first-order chi connectivity index (χ1) is 10.6. The number of carbonyl (C=O) groups excluding carboxylic acids is 1. The quantitative estimate of drug-likeness (QED) is 0.545. The van der Waals surface area contributed by atoms with E-state index in [9.17, 15) is 14.7 Å². The lowest BCUT2D eigenvalue weighted by molar-refractivity contribution is -0.155. The van der Waals surface area contributed by atoms with E-state index in [0.29, 0.717) is 6.61 Å². The molecule has 0 heterocycles. The monoisotopic (exact) mass is 308 g/mol. The molecule has 1 atom stereocenters. The summed E-state index contributed by atoms with van der Waals surface area (Å²) in [5, 5.41) is 9.38. The number of aliphatic carboxylic acids is 1. The zero-order chi connectivity index (χ0) is 16.0. The van der Waals surface area contributed by atoms with Gasteiger partial charge in [-0.25, -0.2) is 0 Å². The molecule has 124 valence electrons. The first-order valence-corrected chi connectivity index (χ1v) is 8.56. The van der Waals surface area contributed by atoms with Gasteiger partial charge in [0.05, 0.1) is 18.9 Å². The number of esters is 1. The lowest BCUT2D eigenvalue weighted by atomic mass is 9.83.